The van der Waals surface area contributed by atoms with Crippen molar-refractivity contribution in [1.29, 1.82) is 0 Å². The quantitative estimate of drug-likeness (QED) is 0.285. The Bertz CT molecular complexity index is 1620. The monoisotopic (exact) mass is 606 g/mol. The minimum Gasteiger partial charge on any atom is -0.445 e. The van der Waals surface area contributed by atoms with Gasteiger partial charge in [0.1, 0.15) is 12.4 Å². The SMILES string of the molecule is NC(=O)c1cc(-c2ccnc(C=Cc3ccc(CN4CCOCC4)cc3)c2)[nH]c1N1CCN(C(=O)OCc2ccccc2)CC1. The Morgan fingerprint density at radius 2 is 1.64 bits per heavy atom. The van der Waals surface area contributed by atoms with Crippen molar-refractivity contribution in [2.75, 3.05) is 57.4 Å². The van der Waals surface area contributed by atoms with Gasteiger partial charge in [-0.05, 0) is 41.0 Å². The van der Waals surface area contributed by atoms with Crippen molar-refractivity contribution >= 4 is 30.0 Å². The number of nitrogens with zero attached hydrogens (tertiary/aromatic N) is 4. The third kappa shape index (κ3) is 7.78. The number of hydrogen-bond donors (Lipinski definition) is 2. The number of piperazine rings is 1. The number of pyridine rings is 1. The van der Waals surface area contributed by atoms with E-state index in [0.717, 1.165) is 60.9 Å². The Hall–Kier alpha value is -4.93. The Balaban J connectivity index is 1.08. The molecule has 4 aromatic rings. The van der Waals surface area contributed by atoms with E-state index in [1.165, 1.54) is 5.56 Å². The largest absolute Gasteiger partial charge is 0.445 e. The van der Waals surface area contributed by atoms with Gasteiger partial charge in [0.15, 0.2) is 0 Å². The highest BCUT2D eigenvalue weighted by Gasteiger charge is 2.26. The van der Waals surface area contributed by atoms with Gasteiger partial charge in [-0.15, -0.1) is 0 Å². The van der Waals surface area contributed by atoms with E-state index in [2.05, 4.69) is 44.0 Å². The van der Waals surface area contributed by atoms with Crippen LogP contribution in [0.3, 0.4) is 0 Å². The van der Waals surface area contributed by atoms with Crippen molar-refractivity contribution in [1.82, 2.24) is 19.8 Å². The normalized spacial score (nSPS) is 15.8. The van der Waals surface area contributed by atoms with E-state index in [0.29, 0.717) is 37.6 Å². The van der Waals surface area contributed by atoms with Crippen LogP contribution in [0.5, 0.6) is 0 Å². The van der Waals surface area contributed by atoms with Gasteiger partial charge in [-0.25, -0.2) is 4.79 Å². The molecule has 0 spiro atoms. The lowest BCUT2D eigenvalue weighted by atomic mass is 10.1. The molecular formula is C35H38N6O4. The predicted molar refractivity (Wildman–Crippen MR) is 174 cm³/mol. The lowest BCUT2D eigenvalue weighted by molar-refractivity contribution is 0.0342. The summed E-state index contributed by atoms with van der Waals surface area (Å²) in [5, 5.41) is 0. The average Bonchev–Trinajstić information content (AvgIpc) is 3.54. The van der Waals surface area contributed by atoms with Gasteiger partial charge in [0, 0.05) is 63.3 Å². The number of benzene rings is 2. The van der Waals surface area contributed by atoms with Crippen molar-refractivity contribution in [3.05, 3.63) is 107 Å². The molecular weight excluding hydrogens is 568 g/mol. The summed E-state index contributed by atoms with van der Waals surface area (Å²) >= 11 is 0. The number of aromatic amines is 1. The van der Waals surface area contributed by atoms with E-state index in [9.17, 15) is 9.59 Å². The van der Waals surface area contributed by atoms with Gasteiger partial charge in [0.25, 0.3) is 5.91 Å². The predicted octanol–water partition coefficient (Wildman–Crippen LogP) is 4.64. The number of morpholine rings is 1. The molecule has 2 aromatic carbocycles. The number of H-pyrrole nitrogens is 1. The molecule has 2 saturated heterocycles. The maximum Gasteiger partial charge on any atom is 0.410 e. The minimum atomic E-state index is -0.511. The van der Waals surface area contributed by atoms with Crippen LogP contribution in [0.4, 0.5) is 10.6 Å². The Morgan fingerprint density at radius 1 is 0.889 bits per heavy atom. The van der Waals surface area contributed by atoms with Crippen molar-refractivity contribution in [3.8, 4) is 11.3 Å². The highest BCUT2D eigenvalue weighted by molar-refractivity contribution is 5.99. The smallest absolute Gasteiger partial charge is 0.410 e. The summed E-state index contributed by atoms with van der Waals surface area (Å²) in [6.45, 7) is 6.71. The molecule has 0 unspecified atom stereocenters. The molecule has 2 aliphatic heterocycles. The maximum absolute atomic E-state index is 12.6. The molecule has 2 fully saturated rings. The summed E-state index contributed by atoms with van der Waals surface area (Å²) in [4.78, 5) is 39.1. The van der Waals surface area contributed by atoms with E-state index in [-0.39, 0.29) is 12.7 Å². The number of nitrogens with one attached hydrogen (secondary N) is 1. The number of hydrogen-bond acceptors (Lipinski definition) is 7. The first-order chi connectivity index (χ1) is 22.0. The number of primary amides is 1. The van der Waals surface area contributed by atoms with E-state index >= 15 is 0 Å². The van der Waals surface area contributed by atoms with Crippen LogP contribution in [0.1, 0.15) is 32.7 Å². The zero-order valence-corrected chi connectivity index (χ0v) is 25.2. The number of nitrogens with two attached hydrogens (primary N) is 1. The summed E-state index contributed by atoms with van der Waals surface area (Å²) < 4.78 is 10.9. The van der Waals surface area contributed by atoms with Crippen molar-refractivity contribution < 1.29 is 19.1 Å². The zero-order chi connectivity index (χ0) is 31.0. The fourth-order valence-corrected chi connectivity index (χ4v) is 5.60. The third-order valence-corrected chi connectivity index (χ3v) is 8.15. The molecule has 3 N–H and O–H groups in total. The topological polar surface area (TPSA) is 117 Å². The summed E-state index contributed by atoms with van der Waals surface area (Å²) in [5.41, 5.74) is 12.0. The summed E-state index contributed by atoms with van der Waals surface area (Å²) in [7, 11) is 0. The fraction of sp³-hybridized carbons (Fsp3) is 0.286. The third-order valence-electron chi connectivity index (χ3n) is 8.15. The van der Waals surface area contributed by atoms with Crippen molar-refractivity contribution in [3.63, 3.8) is 0 Å². The van der Waals surface area contributed by atoms with E-state index in [1.54, 1.807) is 17.2 Å². The molecule has 2 amide bonds. The van der Waals surface area contributed by atoms with E-state index in [1.807, 2.05) is 54.6 Å². The standard InChI is InChI=1S/C35H38N6O4/c36-33(42)31-23-32(38-34(31)40-14-16-41(17-15-40)35(43)45-25-28-4-2-1-3-5-28)29-12-13-37-30(22-29)11-10-26-6-8-27(9-7-26)24-39-18-20-44-21-19-39/h1-13,22-23,38H,14-21,24-25H2,(H2,36,42). The molecule has 0 radical (unpaired) electrons. The van der Waals surface area contributed by atoms with Crippen LogP contribution in [0.2, 0.25) is 0 Å². The fourth-order valence-electron chi connectivity index (χ4n) is 5.60. The molecule has 4 heterocycles. The van der Waals surface area contributed by atoms with Crippen molar-refractivity contribution in [2.24, 2.45) is 5.73 Å². The number of anilines is 1. The van der Waals surface area contributed by atoms with E-state index in [4.69, 9.17) is 15.2 Å². The van der Waals surface area contributed by atoms with Crippen LogP contribution >= 0.6 is 0 Å². The average molecular weight is 607 g/mol. The Morgan fingerprint density at radius 3 is 2.38 bits per heavy atom. The van der Waals surface area contributed by atoms with Gasteiger partial charge < -0.3 is 30.0 Å². The van der Waals surface area contributed by atoms with Crippen LogP contribution in [0, 0.1) is 0 Å². The second-order valence-electron chi connectivity index (χ2n) is 11.3. The highest BCUT2D eigenvalue weighted by atomic mass is 16.6. The lowest BCUT2D eigenvalue weighted by Crippen LogP contribution is -2.49. The molecule has 10 nitrogen and oxygen atoms in total. The minimum absolute atomic E-state index is 0.233. The summed E-state index contributed by atoms with van der Waals surface area (Å²) in [6, 6.07) is 23.8. The van der Waals surface area contributed by atoms with Crippen molar-refractivity contribution in [2.45, 2.75) is 13.2 Å². The second kappa shape index (κ2) is 14.2. The number of amides is 2. The van der Waals surface area contributed by atoms with Crippen LogP contribution in [0.25, 0.3) is 23.4 Å². The molecule has 0 atom stereocenters. The molecule has 0 aliphatic carbocycles. The second-order valence-corrected chi connectivity index (χ2v) is 11.3. The van der Waals surface area contributed by atoms with E-state index < -0.39 is 5.91 Å². The van der Waals surface area contributed by atoms with Crippen LogP contribution < -0.4 is 10.6 Å². The molecule has 6 rings (SSSR count). The number of aromatic nitrogens is 2. The summed E-state index contributed by atoms with van der Waals surface area (Å²) in [6.07, 6.45) is 5.44. The Kier molecular flexibility index (Phi) is 9.53. The van der Waals surface area contributed by atoms with Gasteiger partial charge in [0.05, 0.1) is 24.5 Å². The molecule has 2 aromatic heterocycles. The first kappa shape index (κ1) is 30.1. The van der Waals surface area contributed by atoms with Crippen LogP contribution in [-0.4, -0.2) is 84.3 Å². The number of carbonyl (C=O) groups excluding carboxylic acids is 2. The van der Waals surface area contributed by atoms with Crippen LogP contribution in [0.15, 0.2) is 79.0 Å². The molecule has 0 saturated carbocycles. The maximum atomic E-state index is 12.6. The summed E-state index contributed by atoms with van der Waals surface area (Å²) in [5.74, 6) is 0.143. The molecule has 10 heteroatoms. The molecule has 45 heavy (non-hydrogen) atoms. The van der Waals surface area contributed by atoms with Crippen LogP contribution in [-0.2, 0) is 22.6 Å². The molecule has 0 bridgehead atoms. The lowest BCUT2D eigenvalue weighted by Gasteiger charge is -2.35. The highest BCUT2D eigenvalue weighted by Crippen LogP contribution is 2.29. The first-order valence-corrected chi connectivity index (χ1v) is 15.3. The zero-order valence-electron chi connectivity index (χ0n) is 25.2. The number of carbonyl (C=O) groups is 2. The Labute approximate surface area is 263 Å². The first-order valence-electron chi connectivity index (χ1n) is 15.3. The van der Waals surface area contributed by atoms with Gasteiger partial charge in [-0.2, -0.15) is 0 Å². The number of rotatable bonds is 9. The van der Waals surface area contributed by atoms with Gasteiger partial charge in [-0.3, -0.25) is 14.7 Å². The number of ether oxygens (including phenoxy) is 2. The van der Waals surface area contributed by atoms with Gasteiger partial charge >= 0.3 is 6.09 Å². The molecule has 232 valence electrons. The molecule has 2 aliphatic rings. The van der Waals surface area contributed by atoms with Gasteiger partial charge in [-0.1, -0.05) is 60.7 Å². The van der Waals surface area contributed by atoms with Gasteiger partial charge in [0.2, 0.25) is 0 Å².